The van der Waals surface area contributed by atoms with Gasteiger partial charge in [-0.05, 0) is 72.1 Å². The van der Waals surface area contributed by atoms with E-state index in [0.29, 0.717) is 17.7 Å². The number of ketones is 1. The molecule has 0 radical (unpaired) electrons. The number of hydrogen-bond acceptors (Lipinski definition) is 5. The van der Waals surface area contributed by atoms with Crippen LogP contribution in [-0.2, 0) is 16.0 Å². The molecule has 1 saturated heterocycles. The minimum atomic E-state index is -0.929. The van der Waals surface area contributed by atoms with Gasteiger partial charge in [-0.1, -0.05) is 12.1 Å². The number of halogens is 1. The molecule has 1 amide bonds. The Balaban J connectivity index is 1.56. The number of carbonyl (C=O) groups is 2. The summed E-state index contributed by atoms with van der Waals surface area (Å²) >= 11 is 0. The summed E-state index contributed by atoms with van der Waals surface area (Å²) in [6.45, 7) is 0.176. The summed E-state index contributed by atoms with van der Waals surface area (Å²) in [5.41, 5.74) is 2.41. The molecule has 1 aromatic heterocycles. The smallest absolute Gasteiger partial charge is 0.295 e. The number of phenols is 1. The normalized spacial score (nSPS) is 17.2. The molecule has 8 heteroatoms. The number of ether oxygens (including phenoxy) is 1. The van der Waals surface area contributed by atoms with Gasteiger partial charge in [0.15, 0.2) is 0 Å². The molecule has 4 aromatic rings. The Bertz CT molecular complexity index is 1510. The van der Waals surface area contributed by atoms with E-state index in [9.17, 15) is 24.2 Å². The Kier molecular flexibility index (Phi) is 5.93. The van der Waals surface area contributed by atoms with E-state index in [-0.39, 0.29) is 23.4 Å². The molecular formula is C28H23FN2O5. The molecule has 1 fully saturated rings. The van der Waals surface area contributed by atoms with Gasteiger partial charge in [0.25, 0.3) is 11.7 Å². The van der Waals surface area contributed by atoms with Gasteiger partial charge in [0.2, 0.25) is 0 Å². The van der Waals surface area contributed by atoms with E-state index < -0.39 is 29.3 Å². The highest BCUT2D eigenvalue weighted by atomic mass is 19.1. The first-order chi connectivity index (χ1) is 17.4. The number of fused-ring (bicyclic) bond motifs is 1. The number of methoxy groups -OCH3 is 1. The summed E-state index contributed by atoms with van der Waals surface area (Å²) in [5, 5.41) is 22.1. The van der Waals surface area contributed by atoms with Crippen molar-refractivity contribution >= 4 is 28.4 Å². The van der Waals surface area contributed by atoms with Crippen LogP contribution >= 0.6 is 0 Å². The molecular weight excluding hydrogens is 463 g/mol. The van der Waals surface area contributed by atoms with E-state index in [1.54, 1.807) is 19.2 Å². The van der Waals surface area contributed by atoms with E-state index in [1.807, 2.05) is 24.4 Å². The fourth-order valence-corrected chi connectivity index (χ4v) is 4.65. The van der Waals surface area contributed by atoms with Crippen LogP contribution in [0.25, 0.3) is 16.7 Å². The molecule has 36 heavy (non-hydrogen) atoms. The van der Waals surface area contributed by atoms with Gasteiger partial charge in [-0.25, -0.2) is 4.39 Å². The Labute approximate surface area is 206 Å². The number of benzene rings is 3. The van der Waals surface area contributed by atoms with Crippen LogP contribution in [-0.4, -0.2) is 45.4 Å². The van der Waals surface area contributed by atoms with Gasteiger partial charge in [-0.3, -0.25) is 9.59 Å². The topological polar surface area (TPSA) is 103 Å². The van der Waals surface area contributed by atoms with Gasteiger partial charge in [0, 0.05) is 29.2 Å². The second-order valence-corrected chi connectivity index (χ2v) is 8.57. The van der Waals surface area contributed by atoms with Crippen LogP contribution in [0.3, 0.4) is 0 Å². The van der Waals surface area contributed by atoms with E-state index >= 15 is 0 Å². The zero-order valence-corrected chi connectivity index (χ0v) is 19.4. The average molecular weight is 486 g/mol. The standard InChI is InChI=1S/C28H23FN2O5/c1-36-21-9-10-23-22(14-21)18(15-30-23)11-12-31-25(17-3-2-4-20(32)13-17)24(27(34)28(31)35)26(33)16-5-7-19(29)8-6-16/h2-10,13-15,25,30,32-33H,11-12H2,1H3/t25-/m0/s1. The highest BCUT2D eigenvalue weighted by molar-refractivity contribution is 6.46. The van der Waals surface area contributed by atoms with Crippen LogP contribution in [0.5, 0.6) is 11.5 Å². The average Bonchev–Trinajstić information content (AvgIpc) is 3.40. The largest absolute Gasteiger partial charge is 0.508 e. The minimum Gasteiger partial charge on any atom is -0.508 e. The van der Waals surface area contributed by atoms with E-state index in [2.05, 4.69) is 4.98 Å². The first-order valence-electron chi connectivity index (χ1n) is 11.3. The zero-order chi connectivity index (χ0) is 25.4. The number of aliphatic hydroxyl groups excluding tert-OH is 1. The number of nitrogens with one attached hydrogen (secondary N) is 1. The molecule has 0 aliphatic carbocycles. The van der Waals surface area contributed by atoms with Gasteiger partial charge in [-0.15, -0.1) is 0 Å². The number of phenolic OH excluding ortho intramolecular Hbond substituents is 1. The SMILES string of the molecule is COc1ccc2[nH]cc(CCN3C(=O)C(=O)C(=C(O)c4ccc(F)cc4)[C@@H]3c3cccc(O)c3)c2c1. The van der Waals surface area contributed by atoms with Crippen LogP contribution in [0.15, 0.2) is 78.5 Å². The highest BCUT2D eigenvalue weighted by Crippen LogP contribution is 2.40. The van der Waals surface area contributed by atoms with Gasteiger partial charge in [-0.2, -0.15) is 0 Å². The quantitative estimate of drug-likeness (QED) is 0.209. The summed E-state index contributed by atoms with van der Waals surface area (Å²) in [6, 6.07) is 16.0. The van der Waals surface area contributed by atoms with Crippen molar-refractivity contribution in [1.29, 1.82) is 0 Å². The predicted molar refractivity (Wildman–Crippen MR) is 132 cm³/mol. The first-order valence-corrected chi connectivity index (χ1v) is 11.3. The maximum Gasteiger partial charge on any atom is 0.295 e. The molecule has 182 valence electrons. The predicted octanol–water partition coefficient (Wildman–Crippen LogP) is 4.69. The Morgan fingerprint density at radius 2 is 1.86 bits per heavy atom. The van der Waals surface area contributed by atoms with Crippen LogP contribution < -0.4 is 4.74 Å². The number of aromatic amines is 1. The lowest BCUT2D eigenvalue weighted by molar-refractivity contribution is -0.139. The Morgan fingerprint density at radius 1 is 1.08 bits per heavy atom. The van der Waals surface area contributed by atoms with Crippen LogP contribution in [0.1, 0.15) is 22.7 Å². The maximum absolute atomic E-state index is 13.4. The lowest BCUT2D eigenvalue weighted by Crippen LogP contribution is -2.31. The highest BCUT2D eigenvalue weighted by Gasteiger charge is 2.46. The van der Waals surface area contributed by atoms with Gasteiger partial charge in [0.05, 0.1) is 18.7 Å². The zero-order valence-electron chi connectivity index (χ0n) is 19.4. The molecule has 1 aliphatic rings. The van der Waals surface area contributed by atoms with Crippen molar-refractivity contribution in [2.24, 2.45) is 0 Å². The number of carbonyl (C=O) groups excluding carboxylic acids is 2. The Morgan fingerprint density at radius 3 is 2.58 bits per heavy atom. The Hall–Kier alpha value is -4.59. The molecule has 1 atom stereocenters. The second-order valence-electron chi connectivity index (χ2n) is 8.57. The number of Topliss-reactive ketones (excluding diaryl/α,β-unsaturated/α-hetero) is 1. The summed E-state index contributed by atoms with van der Waals surface area (Å²) in [6.07, 6.45) is 2.27. The van der Waals surface area contributed by atoms with Crippen LogP contribution in [0.2, 0.25) is 0 Å². The van der Waals surface area contributed by atoms with E-state index in [4.69, 9.17) is 4.74 Å². The van der Waals surface area contributed by atoms with E-state index in [0.717, 1.165) is 16.5 Å². The number of aliphatic hydroxyl groups is 1. The lowest BCUT2D eigenvalue weighted by Gasteiger charge is -2.25. The van der Waals surface area contributed by atoms with E-state index in [1.165, 1.54) is 41.3 Å². The first kappa shape index (κ1) is 23.2. The third-order valence-electron chi connectivity index (χ3n) is 6.44. The fourth-order valence-electron chi connectivity index (χ4n) is 4.65. The van der Waals surface area contributed by atoms with Crippen LogP contribution in [0.4, 0.5) is 4.39 Å². The molecule has 0 spiro atoms. The number of nitrogens with zero attached hydrogens (tertiary/aromatic N) is 1. The molecule has 3 aromatic carbocycles. The van der Waals surface area contributed by atoms with Crippen molar-refractivity contribution in [1.82, 2.24) is 9.88 Å². The van der Waals surface area contributed by atoms with Crippen molar-refractivity contribution < 1.29 is 28.9 Å². The molecule has 5 rings (SSSR count). The molecule has 3 N–H and O–H groups in total. The number of amides is 1. The van der Waals surface area contributed by atoms with Crippen molar-refractivity contribution in [3.8, 4) is 11.5 Å². The summed E-state index contributed by atoms with van der Waals surface area (Å²) in [5.74, 6) is -1.84. The van der Waals surface area contributed by atoms with Gasteiger partial charge >= 0.3 is 0 Å². The summed E-state index contributed by atoms with van der Waals surface area (Å²) < 4.78 is 18.8. The maximum atomic E-state index is 13.4. The monoisotopic (exact) mass is 486 g/mol. The third kappa shape index (κ3) is 4.07. The molecule has 0 bridgehead atoms. The van der Waals surface area contributed by atoms with Crippen molar-refractivity contribution in [2.45, 2.75) is 12.5 Å². The summed E-state index contributed by atoms with van der Waals surface area (Å²) in [7, 11) is 1.59. The second kappa shape index (κ2) is 9.22. The third-order valence-corrected chi connectivity index (χ3v) is 6.44. The number of aromatic hydroxyl groups is 1. The lowest BCUT2D eigenvalue weighted by atomic mass is 9.95. The number of rotatable bonds is 6. The van der Waals surface area contributed by atoms with Gasteiger partial charge < -0.3 is 24.8 Å². The van der Waals surface area contributed by atoms with Crippen LogP contribution in [0, 0.1) is 5.82 Å². The van der Waals surface area contributed by atoms with Crippen molar-refractivity contribution in [2.75, 3.05) is 13.7 Å². The van der Waals surface area contributed by atoms with Crippen molar-refractivity contribution in [3.05, 3.63) is 101 Å². The summed E-state index contributed by atoms with van der Waals surface area (Å²) in [4.78, 5) is 30.9. The fraction of sp³-hybridized carbons (Fsp3) is 0.143. The molecule has 1 aliphatic heterocycles. The molecule has 0 saturated carbocycles. The molecule has 7 nitrogen and oxygen atoms in total. The molecule has 0 unspecified atom stereocenters. The van der Waals surface area contributed by atoms with Crippen molar-refractivity contribution in [3.63, 3.8) is 0 Å². The number of aromatic nitrogens is 1. The number of hydrogen-bond donors (Lipinski definition) is 3. The molecule has 2 heterocycles. The van der Waals surface area contributed by atoms with Gasteiger partial charge in [0.1, 0.15) is 23.1 Å². The minimum absolute atomic E-state index is 0.0383. The number of H-pyrrole nitrogens is 1. The number of likely N-dealkylation sites (tertiary alicyclic amines) is 1.